The highest BCUT2D eigenvalue weighted by atomic mass is 79.9. The molecule has 44 heavy (non-hydrogen) atoms. The number of aromatic nitrogens is 1. The quantitative estimate of drug-likeness (QED) is 0.164. The number of rotatable bonds is 11. The number of hydrogen-bond acceptors (Lipinski definition) is 11. The first-order valence-electron chi connectivity index (χ1n) is 13.7. The minimum absolute atomic E-state index is 0.129. The first kappa shape index (κ1) is 32.6. The molecule has 1 atom stereocenters. The van der Waals surface area contributed by atoms with Crippen LogP contribution in [-0.2, 0) is 19.1 Å². The molecule has 1 aliphatic heterocycles. The van der Waals surface area contributed by atoms with Crippen molar-refractivity contribution in [2.24, 2.45) is 4.99 Å². The van der Waals surface area contributed by atoms with Crippen molar-refractivity contribution >= 4 is 51.0 Å². The smallest absolute Gasteiger partial charge is 0.344 e. The van der Waals surface area contributed by atoms with Crippen LogP contribution in [0.25, 0.3) is 6.08 Å². The number of carbonyl (C=O) groups excluding carboxylic acids is 2. The lowest BCUT2D eigenvalue weighted by Gasteiger charge is -2.26. The van der Waals surface area contributed by atoms with Gasteiger partial charge in [0.05, 0.1) is 44.5 Å². The number of thiazole rings is 1. The van der Waals surface area contributed by atoms with Crippen LogP contribution >= 0.6 is 27.3 Å². The van der Waals surface area contributed by atoms with Crippen LogP contribution in [0.1, 0.15) is 51.8 Å². The maximum Gasteiger partial charge on any atom is 0.344 e. The normalized spacial score (nSPS) is 14.6. The topological polar surface area (TPSA) is 149 Å². The summed E-state index contributed by atoms with van der Waals surface area (Å²) in [5, 5.41) is 11.9. The molecule has 3 aromatic rings. The van der Waals surface area contributed by atoms with Gasteiger partial charge in [-0.1, -0.05) is 29.5 Å². The molecule has 0 radical (unpaired) electrons. The Morgan fingerprint density at radius 2 is 1.89 bits per heavy atom. The molecule has 0 N–H and O–H groups in total. The summed E-state index contributed by atoms with van der Waals surface area (Å²) in [7, 11) is 0. The second-order valence-corrected chi connectivity index (χ2v) is 11.6. The molecule has 232 valence electrons. The number of carbonyl (C=O) groups is 2. The van der Waals surface area contributed by atoms with Gasteiger partial charge in [0, 0.05) is 11.6 Å². The third-order valence-electron chi connectivity index (χ3n) is 6.27. The Bertz CT molecular complexity index is 1830. The van der Waals surface area contributed by atoms with Gasteiger partial charge in [-0.25, -0.2) is 14.6 Å². The summed E-state index contributed by atoms with van der Waals surface area (Å²) < 4.78 is 23.5. The SMILES string of the molecule is CCOC(=O)COc1c(Br)cc(/C=c2\sc3n(c2=O)[C@H](c2ccccc2OC(C)C)C(C(=O)OCC)=C(C)N=3)cc1[N+](=O)[O-]. The second-order valence-electron chi connectivity index (χ2n) is 9.71. The molecule has 0 spiro atoms. The minimum atomic E-state index is -0.901. The van der Waals surface area contributed by atoms with Crippen LogP contribution in [0.4, 0.5) is 5.69 Å². The summed E-state index contributed by atoms with van der Waals surface area (Å²) in [5.74, 6) is -0.939. The van der Waals surface area contributed by atoms with E-state index in [0.29, 0.717) is 27.4 Å². The fourth-order valence-electron chi connectivity index (χ4n) is 4.60. The van der Waals surface area contributed by atoms with Crippen molar-refractivity contribution in [3.05, 3.63) is 93.1 Å². The fourth-order valence-corrected chi connectivity index (χ4v) is 6.23. The van der Waals surface area contributed by atoms with Crippen molar-refractivity contribution in [1.82, 2.24) is 4.57 Å². The molecule has 0 saturated carbocycles. The molecular formula is C30H30BrN3O9S. The lowest BCUT2D eigenvalue weighted by molar-refractivity contribution is -0.385. The van der Waals surface area contributed by atoms with Crippen molar-refractivity contribution in [2.75, 3.05) is 19.8 Å². The van der Waals surface area contributed by atoms with Crippen LogP contribution in [0.2, 0.25) is 0 Å². The van der Waals surface area contributed by atoms with Gasteiger partial charge in [-0.15, -0.1) is 0 Å². The van der Waals surface area contributed by atoms with Crippen molar-refractivity contribution in [3.63, 3.8) is 0 Å². The standard InChI is InChI=1S/C30H30BrN3O9S/c1-6-40-24(35)15-42-27-20(31)12-18(13-21(27)34(38)39)14-23-28(36)33-26(19-10-8-9-11-22(19)43-16(3)4)25(29(37)41-7-2)17(5)32-30(33)44-23/h8-14,16,26H,6-7,15H2,1-5H3/b23-14-/t26-/m1/s1. The lowest BCUT2D eigenvalue weighted by atomic mass is 9.95. The number of fused-ring (bicyclic) bond motifs is 1. The van der Waals surface area contributed by atoms with Crippen molar-refractivity contribution in [1.29, 1.82) is 0 Å². The molecule has 0 saturated heterocycles. The summed E-state index contributed by atoms with van der Waals surface area (Å²) in [4.78, 5) is 55.2. The largest absolute Gasteiger partial charge is 0.491 e. The molecule has 14 heteroatoms. The highest BCUT2D eigenvalue weighted by molar-refractivity contribution is 9.10. The fraction of sp³-hybridized carbons (Fsp3) is 0.333. The Morgan fingerprint density at radius 3 is 2.55 bits per heavy atom. The van der Waals surface area contributed by atoms with E-state index < -0.39 is 40.8 Å². The first-order valence-corrected chi connectivity index (χ1v) is 15.3. The summed E-state index contributed by atoms with van der Waals surface area (Å²) in [6.07, 6.45) is 1.31. The summed E-state index contributed by atoms with van der Waals surface area (Å²) in [5.41, 5.74) is 0.607. The minimum Gasteiger partial charge on any atom is -0.491 e. The molecule has 0 amide bonds. The number of hydrogen-bond donors (Lipinski definition) is 0. The maximum atomic E-state index is 14.0. The molecule has 0 unspecified atom stereocenters. The number of para-hydroxylation sites is 1. The van der Waals surface area contributed by atoms with Crippen LogP contribution in [0.15, 0.2) is 61.9 Å². The van der Waals surface area contributed by atoms with Gasteiger partial charge >= 0.3 is 17.6 Å². The number of halogens is 1. The molecule has 0 aliphatic carbocycles. The van der Waals surface area contributed by atoms with Crippen molar-refractivity contribution in [2.45, 2.75) is 46.8 Å². The molecule has 0 bridgehead atoms. The van der Waals surface area contributed by atoms with Gasteiger partial charge in [0.1, 0.15) is 11.8 Å². The predicted molar refractivity (Wildman–Crippen MR) is 166 cm³/mol. The first-order chi connectivity index (χ1) is 21.0. The number of ether oxygens (including phenoxy) is 4. The Balaban J connectivity index is 1.89. The Morgan fingerprint density at radius 1 is 1.18 bits per heavy atom. The van der Waals surface area contributed by atoms with E-state index in [4.69, 9.17) is 18.9 Å². The van der Waals surface area contributed by atoms with Crippen LogP contribution < -0.4 is 24.4 Å². The van der Waals surface area contributed by atoms with E-state index in [9.17, 15) is 24.5 Å². The molecule has 2 heterocycles. The molecule has 4 rings (SSSR count). The monoisotopic (exact) mass is 687 g/mol. The lowest BCUT2D eigenvalue weighted by Crippen LogP contribution is -2.40. The number of allylic oxidation sites excluding steroid dienone is 1. The average Bonchev–Trinajstić information content (AvgIpc) is 3.25. The Kier molecular flexibility index (Phi) is 10.4. The van der Waals surface area contributed by atoms with Crippen LogP contribution in [0.5, 0.6) is 11.5 Å². The zero-order valence-corrected chi connectivity index (χ0v) is 27.0. The third kappa shape index (κ3) is 6.91. The van der Waals surface area contributed by atoms with E-state index in [0.717, 1.165) is 11.3 Å². The van der Waals surface area contributed by atoms with Crippen molar-refractivity contribution in [3.8, 4) is 11.5 Å². The van der Waals surface area contributed by atoms with E-state index in [-0.39, 0.29) is 39.6 Å². The molecule has 0 fully saturated rings. The molecule has 1 aromatic heterocycles. The molecule has 12 nitrogen and oxygen atoms in total. The highest BCUT2D eigenvalue weighted by Crippen LogP contribution is 2.38. The van der Waals surface area contributed by atoms with E-state index in [1.54, 1.807) is 45.0 Å². The Hall–Kier alpha value is -4.30. The number of nitrogens with zero attached hydrogens (tertiary/aromatic N) is 3. The second kappa shape index (κ2) is 14.0. The van der Waals surface area contributed by atoms with Gasteiger partial charge < -0.3 is 18.9 Å². The molecule has 1 aliphatic rings. The van der Waals surface area contributed by atoms with Crippen LogP contribution in [0.3, 0.4) is 0 Å². The molecular weight excluding hydrogens is 658 g/mol. The van der Waals surface area contributed by atoms with Crippen LogP contribution in [-0.4, -0.2) is 47.4 Å². The van der Waals surface area contributed by atoms with Crippen molar-refractivity contribution < 1.29 is 33.5 Å². The maximum absolute atomic E-state index is 14.0. The zero-order valence-electron chi connectivity index (χ0n) is 24.6. The number of nitro benzene ring substituents is 1. The summed E-state index contributed by atoms with van der Waals surface area (Å²) >= 11 is 4.36. The summed E-state index contributed by atoms with van der Waals surface area (Å²) in [6, 6.07) is 9.02. The van der Waals surface area contributed by atoms with E-state index >= 15 is 0 Å². The predicted octanol–water partition coefficient (Wildman–Crippen LogP) is 4.20. The number of nitro groups is 1. The van der Waals surface area contributed by atoms with Gasteiger partial charge in [-0.3, -0.25) is 19.5 Å². The zero-order chi connectivity index (χ0) is 32.1. The van der Waals surface area contributed by atoms with Gasteiger partial charge in [0.2, 0.25) is 5.75 Å². The van der Waals surface area contributed by atoms with E-state index in [1.807, 2.05) is 13.8 Å². The van der Waals surface area contributed by atoms with Gasteiger partial charge in [0.15, 0.2) is 11.4 Å². The van der Waals surface area contributed by atoms with Crippen LogP contribution in [0, 0.1) is 10.1 Å². The average molecular weight is 689 g/mol. The third-order valence-corrected chi connectivity index (χ3v) is 7.85. The van der Waals surface area contributed by atoms with Gasteiger partial charge in [-0.2, -0.15) is 0 Å². The number of esters is 2. The van der Waals surface area contributed by atoms with Gasteiger partial charge in [-0.05, 0) is 74.3 Å². The molecule has 2 aromatic carbocycles. The van der Waals surface area contributed by atoms with E-state index in [2.05, 4.69) is 20.9 Å². The summed E-state index contributed by atoms with van der Waals surface area (Å²) in [6.45, 7) is 8.50. The highest BCUT2D eigenvalue weighted by Gasteiger charge is 2.35. The number of benzene rings is 2. The van der Waals surface area contributed by atoms with Gasteiger partial charge in [0.25, 0.3) is 5.56 Å². The Labute approximate surface area is 264 Å². The van der Waals surface area contributed by atoms with E-state index in [1.165, 1.54) is 22.8 Å².